The van der Waals surface area contributed by atoms with Gasteiger partial charge in [-0.15, -0.1) is 0 Å². The van der Waals surface area contributed by atoms with E-state index in [0.29, 0.717) is 24.6 Å². The van der Waals surface area contributed by atoms with Gasteiger partial charge in [-0.05, 0) is 43.2 Å². The summed E-state index contributed by atoms with van der Waals surface area (Å²) in [7, 11) is 0. The predicted octanol–water partition coefficient (Wildman–Crippen LogP) is 3.77. The number of ether oxygens (including phenoxy) is 1. The maximum atomic E-state index is 12.3. The van der Waals surface area contributed by atoms with Crippen LogP contribution in [0.3, 0.4) is 0 Å². The van der Waals surface area contributed by atoms with Gasteiger partial charge in [0.25, 0.3) is 11.6 Å². The summed E-state index contributed by atoms with van der Waals surface area (Å²) in [6.45, 7) is 2.21. The SMILES string of the molecule is O=C(NCCOc1cccc(Br)c1)c1ccc(N2CCCC2)c([N+](=O)[O-])c1. The summed E-state index contributed by atoms with van der Waals surface area (Å²) in [4.78, 5) is 25.3. The smallest absolute Gasteiger partial charge is 0.293 e. The molecule has 1 N–H and O–H groups in total. The van der Waals surface area contributed by atoms with Gasteiger partial charge in [0.15, 0.2) is 0 Å². The molecule has 27 heavy (non-hydrogen) atoms. The van der Waals surface area contributed by atoms with Crippen molar-refractivity contribution in [2.75, 3.05) is 31.1 Å². The van der Waals surface area contributed by atoms with Crippen molar-refractivity contribution in [3.05, 3.63) is 62.6 Å². The Bertz CT molecular complexity index is 837. The second-order valence-electron chi connectivity index (χ2n) is 6.22. The lowest BCUT2D eigenvalue weighted by Gasteiger charge is -2.17. The number of halogens is 1. The van der Waals surface area contributed by atoms with E-state index in [9.17, 15) is 14.9 Å². The Labute approximate surface area is 165 Å². The monoisotopic (exact) mass is 433 g/mol. The normalized spacial score (nSPS) is 13.4. The summed E-state index contributed by atoms with van der Waals surface area (Å²) in [5.41, 5.74) is 0.814. The van der Waals surface area contributed by atoms with Crippen LogP contribution in [0.5, 0.6) is 5.75 Å². The average molecular weight is 434 g/mol. The van der Waals surface area contributed by atoms with Gasteiger partial charge in [0.2, 0.25) is 0 Å². The van der Waals surface area contributed by atoms with E-state index >= 15 is 0 Å². The van der Waals surface area contributed by atoms with Crippen LogP contribution < -0.4 is 15.0 Å². The molecule has 2 aromatic carbocycles. The van der Waals surface area contributed by atoms with E-state index in [1.54, 1.807) is 12.1 Å². The largest absolute Gasteiger partial charge is 0.492 e. The summed E-state index contributed by atoms with van der Waals surface area (Å²) < 4.78 is 6.47. The van der Waals surface area contributed by atoms with E-state index in [1.165, 1.54) is 6.07 Å². The number of nitrogens with one attached hydrogen (secondary N) is 1. The molecule has 1 saturated heterocycles. The van der Waals surface area contributed by atoms with Crippen LogP contribution in [-0.2, 0) is 0 Å². The molecular weight excluding hydrogens is 414 g/mol. The molecule has 0 saturated carbocycles. The summed E-state index contributed by atoms with van der Waals surface area (Å²) in [5.74, 6) is 0.341. The first-order chi connectivity index (χ1) is 13.0. The maximum Gasteiger partial charge on any atom is 0.293 e. The molecule has 0 radical (unpaired) electrons. The fourth-order valence-electron chi connectivity index (χ4n) is 3.03. The molecule has 1 amide bonds. The highest BCUT2D eigenvalue weighted by atomic mass is 79.9. The van der Waals surface area contributed by atoms with Crippen LogP contribution >= 0.6 is 15.9 Å². The second-order valence-corrected chi connectivity index (χ2v) is 7.13. The van der Waals surface area contributed by atoms with Gasteiger partial charge in [-0.25, -0.2) is 0 Å². The summed E-state index contributed by atoms with van der Waals surface area (Å²) in [6, 6.07) is 12.1. The van der Waals surface area contributed by atoms with Crippen molar-refractivity contribution in [2.45, 2.75) is 12.8 Å². The molecule has 0 atom stereocenters. The standard InChI is InChI=1S/C19H20BrN3O4/c20-15-4-3-5-16(13-15)27-11-8-21-19(24)14-6-7-17(18(12-14)23(25)26)22-9-1-2-10-22/h3-7,12-13H,1-2,8-11H2,(H,21,24). The number of benzene rings is 2. The van der Waals surface area contributed by atoms with Crippen LogP contribution in [0.25, 0.3) is 0 Å². The highest BCUT2D eigenvalue weighted by molar-refractivity contribution is 9.10. The Morgan fingerprint density at radius 2 is 2.00 bits per heavy atom. The number of hydrogen-bond acceptors (Lipinski definition) is 5. The molecule has 1 aliphatic rings. The molecule has 1 aliphatic heterocycles. The summed E-state index contributed by atoms with van der Waals surface area (Å²) in [5, 5.41) is 14.1. The minimum absolute atomic E-state index is 0.0325. The lowest BCUT2D eigenvalue weighted by atomic mass is 10.1. The number of carbonyl (C=O) groups is 1. The van der Waals surface area contributed by atoms with E-state index in [1.807, 2.05) is 29.2 Å². The molecular formula is C19H20BrN3O4. The van der Waals surface area contributed by atoms with Gasteiger partial charge in [0.1, 0.15) is 18.0 Å². The Hall–Kier alpha value is -2.61. The molecule has 0 spiro atoms. The van der Waals surface area contributed by atoms with Crippen molar-refractivity contribution in [3.8, 4) is 5.75 Å². The third-order valence-electron chi connectivity index (χ3n) is 4.33. The molecule has 0 bridgehead atoms. The number of rotatable bonds is 7. The zero-order chi connectivity index (χ0) is 19.2. The molecule has 1 heterocycles. The molecule has 2 aromatic rings. The molecule has 8 heteroatoms. The molecule has 142 valence electrons. The van der Waals surface area contributed by atoms with E-state index in [0.717, 1.165) is 30.4 Å². The van der Waals surface area contributed by atoms with Crippen LogP contribution in [0.15, 0.2) is 46.9 Å². The topological polar surface area (TPSA) is 84.7 Å². The summed E-state index contributed by atoms with van der Waals surface area (Å²) >= 11 is 3.37. The van der Waals surface area contributed by atoms with E-state index < -0.39 is 4.92 Å². The highest BCUT2D eigenvalue weighted by Gasteiger charge is 2.23. The Kier molecular flexibility index (Phi) is 6.28. The van der Waals surface area contributed by atoms with Crippen LogP contribution in [-0.4, -0.2) is 37.1 Å². The third kappa shape index (κ3) is 4.97. The van der Waals surface area contributed by atoms with Crippen molar-refractivity contribution >= 4 is 33.2 Å². The minimum atomic E-state index is -0.430. The van der Waals surface area contributed by atoms with Gasteiger partial charge in [0, 0.05) is 29.2 Å². The lowest BCUT2D eigenvalue weighted by Crippen LogP contribution is -2.28. The molecule has 3 rings (SSSR count). The summed E-state index contributed by atoms with van der Waals surface area (Å²) in [6.07, 6.45) is 2.05. The number of nitrogens with zero attached hydrogens (tertiary/aromatic N) is 2. The average Bonchev–Trinajstić information content (AvgIpc) is 3.19. The van der Waals surface area contributed by atoms with Crippen molar-refractivity contribution in [1.82, 2.24) is 5.32 Å². The molecule has 0 unspecified atom stereocenters. The van der Waals surface area contributed by atoms with Crippen LogP contribution in [0.4, 0.5) is 11.4 Å². The fourth-order valence-corrected chi connectivity index (χ4v) is 3.41. The third-order valence-corrected chi connectivity index (χ3v) is 4.83. The number of amides is 1. The lowest BCUT2D eigenvalue weighted by molar-refractivity contribution is -0.384. The maximum absolute atomic E-state index is 12.3. The van der Waals surface area contributed by atoms with Crippen LogP contribution in [0, 0.1) is 10.1 Å². The Balaban J connectivity index is 1.59. The Morgan fingerprint density at radius 1 is 1.22 bits per heavy atom. The molecule has 1 fully saturated rings. The molecule has 0 aliphatic carbocycles. The van der Waals surface area contributed by atoms with E-state index in [2.05, 4.69) is 21.2 Å². The zero-order valence-corrected chi connectivity index (χ0v) is 16.3. The molecule has 0 aromatic heterocycles. The van der Waals surface area contributed by atoms with Crippen LogP contribution in [0.2, 0.25) is 0 Å². The van der Waals surface area contributed by atoms with Gasteiger partial charge in [-0.2, -0.15) is 0 Å². The number of hydrogen-bond donors (Lipinski definition) is 1. The highest BCUT2D eigenvalue weighted by Crippen LogP contribution is 2.31. The van der Waals surface area contributed by atoms with Gasteiger partial charge < -0.3 is 15.0 Å². The Morgan fingerprint density at radius 3 is 2.70 bits per heavy atom. The van der Waals surface area contributed by atoms with Gasteiger partial charge >= 0.3 is 0 Å². The van der Waals surface area contributed by atoms with Gasteiger partial charge in [0.05, 0.1) is 11.5 Å². The first-order valence-electron chi connectivity index (χ1n) is 8.74. The second kappa shape index (κ2) is 8.85. The zero-order valence-electron chi connectivity index (χ0n) is 14.7. The van der Waals surface area contributed by atoms with Crippen molar-refractivity contribution in [1.29, 1.82) is 0 Å². The number of nitro groups is 1. The number of carbonyl (C=O) groups excluding carboxylic acids is 1. The first-order valence-corrected chi connectivity index (χ1v) is 9.54. The van der Waals surface area contributed by atoms with E-state index in [-0.39, 0.29) is 17.2 Å². The minimum Gasteiger partial charge on any atom is -0.492 e. The predicted molar refractivity (Wildman–Crippen MR) is 107 cm³/mol. The quantitative estimate of drug-likeness (QED) is 0.408. The molecule has 7 nitrogen and oxygen atoms in total. The van der Waals surface area contributed by atoms with Crippen LogP contribution in [0.1, 0.15) is 23.2 Å². The van der Waals surface area contributed by atoms with Crippen molar-refractivity contribution < 1.29 is 14.5 Å². The van der Waals surface area contributed by atoms with E-state index in [4.69, 9.17) is 4.74 Å². The number of nitro benzene ring substituents is 1. The van der Waals surface area contributed by atoms with Crippen molar-refractivity contribution in [2.24, 2.45) is 0 Å². The van der Waals surface area contributed by atoms with Gasteiger partial charge in [-0.3, -0.25) is 14.9 Å². The first kappa shape index (κ1) is 19.2. The fraction of sp³-hybridized carbons (Fsp3) is 0.316. The van der Waals surface area contributed by atoms with Gasteiger partial charge in [-0.1, -0.05) is 22.0 Å². The number of anilines is 1. The van der Waals surface area contributed by atoms with Crippen molar-refractivity contribution in [3.63, 3.8) is 0 Å².